The van der Waals surface area contributed by atoms with Crippen LogP contribution >= 0.6 is 23.2 Å². The minimum atomic E-state index is 0.0370. The van der Waals surface area contributed by atoms with Crippen LogP contribution in [0.4, 0.5) is 0 Å². The van der Waals surface area contributed by atoms with Gasteiger partial charge in [-0.2, -0.15) is 0 Å². The van der Waals surface area contributed by atoms with Crippen LogP contribution in [0.2, 0.25) is 10.0 Å². The summed E-state index contributed by atoms with van der Waals surface area (Å²) in [5.74, 6) is 0.0370. The van der Waals surface area contributed by atoms with Crippen molar-refractivity contribution in [3.8, 4) is 11.1 Å². The molecule has 1 aromatic carbocycles. The molecule has 1 N–H and O–H groups in total. The lowest BCUT2D eigenvalue weighted by atomic mass is 10.1. The zero-order valence-corrected chi connectivity index (χ0v) is 14.3. The van der Waals surface area contributed by atoms with Crippen LogP contribution in [0.1, 0.15) is 12.8 Å². The molecule has 1 saturated carbocycles. The molecule has 2 heterocycles. The predicted octanol–water partition coefficient (Wildman–Crippen LogP) is 4.29. The molecule has 0 radical (unpaired) electrons. The van der Waals surface area contributed by atoms with Crippen LogP contribution in [-0.4, -0.2) is 21.5 Å². The Hall–Kier alpha value is -2.04. The number of carbonyl (C=O) groups is 1. The number of rotatable bonds is 4. The number of nitrogens with one attached hydrogen (secondary N) is 1. The summed E-state index contributed by atoms with van der Waals surface area (Å²) in [6.07, 6.45) is 5.86. The van der Waals surface area contributed by atoms with Crippen molar-refractivity contribution in [2.24, 2.45) is 0 Å². The molecule has 4 nitrogen and oxygen atoms in total. The number of carbonyl (C=O) groups excluding carboxylic acids is 1. The maximum atomic E-state index is 12.1. The molecule has 0 aliphatic heterocycles. The van der Waals surface area contributed by atoms with Gasteiger partial charge in [0.05, 0.1) is 21.1 Å². The van der Waals surface area contributed by atoms with Gasteiger partial charge in [0.25, 0.3) is 0 Å². The number of hydrogen-bond donors (Lipinski definition) is 1. The first-order valence-corrected chi connectivity index (χ1v) is 8.55. The number of fused-ring (bicyclic) bond motifs is 1. The standard InChI is InChI=1S/C18H15Cl2N3O/c19-14-4-1-11(7-15(14)20)12-8-17-16(21-9-12)5-6-23(17)10-18(24)22-13-2-3-13/h1,4-9,13H,2-3,10H2,(H,22,24). The van der Waals surface area contributed by atoms with Gasteiger partial charge < -0.3 is 9.88 Å². The van der Waals surface area contributed by atoms with Crippen molar-refractivity contribution in [3.05, 3.63) is 52.8 Å². The lowest BCUT2D eigenvalue weighted by Crippen LogP contribution is -2.29. The molecule has 4 rings (SSSR count). The molecule has 1 aliphatic carbocycles. The largest absolute Gasteiger partial charge is 0.352 e. The Balaban J connectivity index is 1.66. The van der Waals surface area contributed by atoms with E-state index in [1.165, 1.54) is 0 Å². The lowest BCUT2D eigenvalue weighted by Gasteiger charge is -2.08. The highest BCUT2D eigenvalue weighted by molar-refractivity contribution is 6.42. The van der Waals surface area contributed by atoms with Crippen LogP contribution in [0.25, 0.3) is 22.2 Å². The zero-order chi connectivity index (χ0) is 16.7. The van der Waals surface area contributed by atoms with Gasteiger partial charge in [0, 0.05) is 24.0 Å². The summed E-state index contributed by atoms with van der Waals surface area (Å²) in [5, 5.41) is 4.04. The van der Waals surface area contributed by atoms with Gasteiger partial charge >= 0.3 is 0 Å². The van der Waals surface area contributed by atoms with E-state index in [0.29, 0.717) is 22.6 Å². The number of aromatic nitrogens is 2. The molecule has 1 aliphatic rings. The van der Waals surface area contributed by atoms with Crippen LogP contribution in [0.15, 0.2) is 42.7 Å². The molecular formula is C18H15Cl2N3O. The summed E-state index contributed by atoms with van der Waals surface area (Å²) < 4.78 is 1.92. The second-order valence-corrected chi connectivity index (χ2v) is 6.86. The van der Waals surface area contributed by atoms with Crippen molar-refractivity contribution in [1.82, 2.24) is 14.9 Å². The van der Waals surface area contributed by atoms with Crippen LogP contribution in [0.3, 0.4) is 0 Å². The Bertz CT molecular complexity index is 931. The molecule has 0 spiro atoms. The fourth-order valence-electron chi connectivity index (χ4n) is 2.69. The molecule has 122 valence electrons. The van der Waals surface area contributed by atoms with Gasteiger partial charge in [0.2, 0.25) is 5.91 Å². The summed E-state index contributed by atoms with van der Waals surface area (Å²) in [6.45, 7) is 0.298. The Labute approximate surface area is 149 Å². The molecular weight excluding hydrogens is 345 g/mol. The van der Waals surface area contributed by atoms with Crippen molar-refractivity contribution in [3.63, 3.8) is 0 Å². The van der Waals surface area contributed by atoms with Gasteiger partial charge in [0.15, 0.2) is 0 Å². The first-order valence-electron chi connectivity index (χ1n) is 7.80. The van der Waals surface area contributed by atoms with Crippen molar-refractivity contribution in [1.29, 1.82) is 0 Å². The normalized spacial score (nSPS) is 14.1. The highest BCUT2D eigenvalue weighted by Crippen LogP contribution is 2.29. The topological polar surface area (TPSA) is 46.9 Å². The highest BCUT2D eigenvalue weighted by Gasteiger charge is 2.23. The van der Waals surface area contributed by atoms with E-state index in [1.54, 1.807) is 12.3 Å². The maximum Gasteiger partial charge on any atom is 0.240 e. The van der Waals surface area contributed by atoms with E-state index in [0.717, 1.165) is 35.0 Å². The monoisotopic (exact) mass is 359 g/mol. The predicted molar refractivity (Wildman–Crippen MR) is 96.4 cm³/mol. The minimum Gasteiger partial charge on any atom is -0.352 e. The maximum absolute atomic E-state index is 12.1. The fraction of sp³-hybridized carbons (Fsp3) is 0.222. The van der Waals surface area contributed by atoms with Crippen LogP contribution in [-0.2, 0) is 11.3 Å². The van der Waals surface area contributed by atoms with E-state index >= 15 is 0 Å². The second kappa shape index (κ2) is 6.11. The second-order valence-electron chi connectivity index (χ2n) is 6.04. The van der Waals surface area contributed by atoms with E-state index in [2.05, 4.69) is 10.3 Å². The third-order valence-corrected chi connectivity index (χ3v) is 4.87. The molecule has 24 heavy (non-hydrogen) atoms. The first-order chi connectivity index (χ1) is 11.6. The smallest absolute Gasteiger partial charge is 0.240 e. The van der Waals surface area contributed by atoms with E-state index in [1.807, 2.05) is 35.0 Å². The highest BCUT2D eigenvalue weighted by atomic mass is 35.5. The van der Waals surface area contributed by atoms with Crippen LogP contribution in [0, 0.1) is 0 Å². The third kappa shape index (κ3) is 3.12. The lowest BCUT2D eigenvalue weighted by molar-refractivity contribution is -0.121. The number of amides is 1. The van der Waals surface area contributed by atoms with E-state index < -0.39 is 0 Å². The molecule has 6 heteroatoms. The van der Waals surface area contributed by atoms with Crippen LogP contribution < -0.4 is 5.32 Å². The molecule has 0 saturated heterocycles. The summed E-state index contributed by atoms with van der Waals surface area (Å²) in [6, 6.07) is 9.80. The van der Waals surface area contributed by atoms with Gasteiger partial charge in [-0.15, -0.1) is 0 Å². The number of nitrogens with zero attached hydrogens (tertiary/aromatic N) is 2. The molecule has 1 amide bonds. The third-order valence-electron chi connectivity index (χ3n) is 4.13. The SMILES string of the molecule is O=C(Cn1ccc2ncc(-c3ccc(Cl)c(Cl)c3)cc21)NC1CC1. The molecule has 2 aromatic heterocycles. The first kappa shape index (κ1) is 15.5. The van der Waals surface area contributed by atoms with Crippen LogP contribution in [0.5, 0.6) is 0 Å². The van der Waals surface area contributed by atoms with Gasteiger partial charge in [-0.25, -0.2) is 0 Å². The number of hydrogen-bond acceptors (Lipinski definition) is 2. The molecule has 3 aromatic rings. The van der Waals surface area contributed by atoms with E-state index in [9.17, 15) is 4.79 Å². The summed E-state index contributed by atoms with van der Waals surface area (Å²) in [5.41, 5.74) is 3.65. The Morgan fingerprint density at radius 2 is 2.00 bits per heavy atom. The molecule has 1 fully saturated rings. The van der Waals surface area contributed by atoms with Gasteiger partial charge in [-0.3, -0.25) is 9.78 Å². The van der Waals surface area contributed by atoms with Gasteiger partial charge in [-0.05, 0) is 42.7 Å². The zero-order valence-electron chi connectivity index (χ0n) is 12.8. The minimum absolute atomic E-state index is 0.0370. The number of pyridine rings is 1. The van der Waals surface area contributed by atoms with Crippen molar-refractivity contribution < 1.29 is 4.79 Å². The molecule has 0 unspecified atom stereocenters. The van der Waals surface area contributed by atoms with Crippen molar-refractivity contribution >= 4 is 40.1 Å². The average molecular weight is 360 g/mol. The number of benzene rings is 1. The van der Waals surface area contributed by atoms with E-state index in [-0.39, 0.29) is 5.91 Å². The molecule has 0 atom stereocenters. The summed E-state index contributed by atoms with van der Waals surface area (Å²) in [7, 11) is 0. The average Bonchev–Trinajstić information content (AvgIpc) is 3.29. The quantitative estimate of drug-likeness (QED) is 0.755. The number of halogens is 2. The summed E-state index contributed by atoms with van der Waals surface area (Å²) >= 11 is 12.1. The Kier molecular flexibility index (Phi) is 3.94. The summed E-state index contributed by atoms with van der Waals surface area (Å²) in [4.78, 5) is 16.5. The van der Waals surface area contributed by atoms with Gasteiger partial charge in [0.1, 0.15) is 6.54 Å². The van der Waals surface area contributed by atoms with Crippen molar-refractivity contribution in [2.75, 3.05) is 0 Å². The Morgan fingerprint density at radius 3 is 2.75 bits per heavy atom. The fourth-order valence-corrected chi connectivity index (χ4v) is 2.99. The van der Waals surface area contributed by atoms with Crippen molar-refractivity contribution in [2.45, 2.75) is 25.4 Å². The van der Waals surface area contributed by atoms with Gasteiger partial charge in [-0.1, -0.05) is 29.3 Å². The molecule has 0 bridgehead atoms. The Morgan fingerprint density at radius 1 is 1.17 bits per heavy atom. The van der Waals surface area contributed by atoms with E-state index in [4.69, 9.17) is 23.2 Å².